The second-order valence-electron chi connectivity index (χ2n) is 4.68. The van der Waals surface area contributed by atoms with E-state index in [1.54, 1.807) is 29.0 Å². The first-order valence-electron chi connectivity index (χ1n) is 6.74. The van der Waals surface area contributed by atoms with Crippen molar-refractivity contribution in [1.29, 1.82) is 5.26 Å². The van der Waals surface area contributed by atoms with E-state index in [1.807, 2.05) is 19.1 Å². The van der Waals surface area contributed by atoms with E-state index in [2.05, 4.69) is 16.5 Å². The van der Waals surface area contributed by atoms with Gasteiger partial charge in [0.1, 0.15) is 5.82 Å². The van der Waals surface area contributed by atoms with Crippen LogP contribution >= 0.6 is 11.6 Å². The molecule has 1 heterocycles. The van der Waals surface area contributed by atoms with E-state index in [0.29, 0.717) is 23.8 Å². The van der Waals surface area contributed by atoms with Crippen molar-refractivity contribution < 1.29 is 4.79 Å². The molecular formula is C16H15ClN4O. The van der Waals surface area contributed by atoms with Gasteiger partial charge >= 0.3 is 0 Å². The van der Waals surface area contributed by atoms with E-state index in [9.17, 15) is 4.79 Å². The van der Waals surface area contributed by atoms with Crippen LogP contribution in [0.25, 0.3) is 6.08 Å². The lowest BCUT2D eigenvalue weighted by atomic mass is 10.2. The molecule has 0 atom stereocenters. The first-order valence-corrected chi connectivity index (χ1v) is 7.12. The molecule has 0 bridgehead atoms. The first-order chi connectivity index (χ1) is 10.6. The standard InChI is InChI=1S/C16H15ClN4O/c1-12-10-15(21(20-12)9-3-8-18)19-16(22)7-6-13-4-2-5-14(17)11-13/h2,4-7,10-11H,3,9H2,1H3,(H,19,22). The monoisotopic (exact) mass is 314 g/mol. The number of rotatable bonds is 5. The normalized spacial score (nSPS) is 10.6. The Morgan fingerprint density at radius 1 is 1.50 bits per heavy atom. The summed E-state index contributed by atoms with van der Waals surface area (Å²) in [6.07, 6.45) is 3.45. The highest BCUT2D eigenvalue weighted by Crippen LogP contribution is 2.13. The molecule has 0 aliphatic rings. The van der Waals surface area contributed by atoms with Crippen LogP contribution in [-0.4, -0.2) is 15.7 Å². The molecule has 1 N–H and O–H groups in total. The lowest BCUT2D eigenvalue weighted by molar-refractivity contribution is -0.111. The van der Waals surface area contributed by atoms with Crippen molar-refractivity contribution in [3.63, 3.8) is 0 Å². The van der Waals surface area contributed by atoms with Gasteiger partial charge < -0.3 is 5.32 Å². The van der Waals surface area contributed by atoms with Gasteiger partial charge in [0.2, 0.25) is 5.91 Å². The molecular weight excluding hydrogens is 300 g/mol. The third-order valence-corrected chi connectivity index (χ3v) is 3.10. The summed E-state index contributed by atoms with van der Waals surface area (Å²) in [5.41, 5.74) is 1.63. The zero-order valence-electron chi connectivity index (χ0n) is 12.1. The van der Waals surface area contributed by atoms with E-state index in [0.717, 1.165) is 11.3 Å². The van der Waals surface area contributed by atoms with Crippen LogP contribution in [0.2, 0.25) is 5.02 Å². The van der Waals surface area contributed by atoms with Gasteiger partial charge in [-0.05, 0) is 30.7 Å². The van der Waals surface area contributed by atoms with E-state index < -0.39 is 0 Å². The second-order valence-corrected chi connectivity index (χ2v) is 5.12. The van der Waals surface area contributed by atoms with Crippen LogP contribution in [0.1, 0.15) is 17.7 Å². The molecule has 112 valence electrons. The van der Waals surface area contributed by atoms with Crippen LogP contribution in [0, 0.1) is 18.3 Å². The number of amides is 1. The minimum Gasteiger partial charge on any atom is -0.307 e. The highest BCUT2D eigenvalue weighted by molar-refractivity contribution is 6.30. The summed E-state index contributed by atoms with van der Waals surface area (Å²) < 4.78 is 1.61. The molecule has 0 fully saturated rings. The number of hydrogen-bond acceptors (Lipinski definition) is 3. The topological polar surface area (TPSA) is 70.7 Å². The maximum atomic E-state index is 12.0. The Kier molecular flexibility index (Phi) is 5.34. The van der Waals surface area contributed by atoms with Crippen molar-refractivity contribution in [3.8, 4) is 6.07 Å². The van der Waals surface area contributed by atoms with Gasteiger partial charge in [-0.25, -0.2) is 4.68 Å². The van der Waals surface area contributed by atoms with Gasteiger partial charge in [-0.3, -0.25) is 4.79 Å². The number of nitriles is 1. The Hall–Kier alpha value is -2.58. The number of nitrogens with zero attached hydrogens (tertiary/aromatic N) is 3. The van der Waals surface area contributed by atoms with Gasteiger partial charge in [0.05, 0.1) is 24.7 Å². The molecule has 0 saturated carbocycles. The summed E-state index contributed by atoms with van der Waals surface area (Å²) in [6, 6.07) is 11.0. The van der Waals surface area contributed by atoms with Crippen LogP contribution in [0.15, 0.2) is 36.4 Å². The summed E-state index contributed by atoms with van der Waals surface area (Å²) in [5.74, 6) is 0.312. The second kappa shape index (κ2) is 7.43. The highest BCUT2D eigenvalue weighted by Gasteiger charge is 2.07. The number of halogens is 1. The summed E-state index contributed by atoms with van der Waals surface area (Å²) in [5, 5.41) is 16.3. The van der Waals surface area contributed by atoms with Crippen LogP contribution in [0.3, 0.4) is 0 Å². The predicted molar refractivity (Wildman–Crippen MR) is 86.3 cm³/mol. The van der Waals surface area contributed by atoms with E-state index in [1.165, 1.54) is 6.08 Å². The lowest BCUT2D eigenvalue weighted by Gasteiger charge is -2.05. The molecule has 6 heteroatoms. The molecule has 0 saturated heterocycles. The number of anilines is 1. The fourth-order valence-corrected chi connectivity index (χ4v) is 2.12. The molecule has 0 spiro atoms. The molecule has 0 radical (unpaired) electrons. The van der Waals surface area contributed by atoms with Gasteiger partial charge in [-0.1, -0.05) is 23.7 Å². The number of aryl methyl sites for hydroxylation is 2. The maximum absolute atomic E-state index is 12.0. The number of carbonyl (C=O) groups is 1. The van der Waals surface area contributed by atoms with E-state index >= 15 is 0 Å². The molecule has 22 heavy (non-hydrogen) atoms. The lowest BCUT2D eigenvalue weighted by Crippen LogP contribution is -2.13. The summed E-state index contributed by atoms with van der Waals surface area (Å²) in [4.78, 5) is 12.0. The van der Waals surface area contributed by atoms with Gasteiger partial charge in [-0.2, -0.15) is 10.4 Å². The molecule has 1 aromatic carbocycles. The molecule has 2 aromatic rings. The van der Waals surface area contributed by atoms with Crippen LogP contribution in [0.4, 0.5) is 5.82 Å². The third-order valence-electron chi connectivity index (χ3n) is 2.86. The number of hydrogen-bond donors (Lipinski definition) is 1. The van der Waals surface area contributed by atoms with Gasteiger partial charge in [-0.15, -0.1) is 0 Å². The first kappa shape index (κ1) is 15.8. The Bertz CT molecular complexity index is 743. The van der Waals surface area contributed by atoms with Crippen LogP contribution in [0.5, 0.6) is 0 Å². The minimum absolute atomic E-state index is 0.266. The Balaban J connectivity index is 2.04. The zero-order valence-corrected chi connectivity index (χ0v) is 12.8. The fourth-order valence-electron chi connectivity index (χ4n) is 1.92. The fraction of sp³-hybridized carbons (Fsp3) is 0.188. The van der Waals surface area contributed by atoms with Crippen molar-refractivity contribution >= 4 is 29.4 Å². The quantitative estimate of drug-likeness (QED) is 0.860. The average Bonchev–Trinajstić information content (AvgIpc) is 2.83. The molecule has 5 nitrogen and oxygen atoms in total. The molecule has 1 amide bonds. The third kappa shape index (κ3) is 4.47. The predicted octanol–water partition coefficient (Wildman–Crippen LogP) is 3.41. The average molecular weight is 315 g/mol. The molecule has 0 aliphatic heterocycles. The Morgan fingerprint density at radius 3 is 3.05 bits per heavy atom. The number of nitrogens with one attached hydrogen (secondary N) is 1. The largest absolute Gasteiger partial charge is 0.307 e. The van der Waals surface area contributed by atoms with E-state index in [4.69, 9.17) is 16.9 Å². The SMILES string of the molecule is Cc1cc(NC(=O)C=Cc2cccc(Cl)c2)n(CCC#N)n1. The molecule has 0 unspecified atom stereocenters. The Labute approximate surface area is 133 Å². The van der Waals surface area contributed by atoms with Crippen LogP contribution < -0.4 is 5.32 Å². The van der Waals surface area contributed by atoms with Gasteiger partial charge in [0.15, 0.2) is 0 Å². The summed E-state index contributed by atoms with van der Waals surface area (Å²) >= 11 is 5.89. The van der Waals surface area contributed by atoms with Gasteiger partial charge in [0.25, 0.3) is 0 Å². The van der Waals surface area contributed by atoms with Gasteiger partial charge in [0, 0.05) is 17.2 Å². The molecule has 0 aliphatic carbocycles. The smallest absolute Gasteiger partial charge is 0.249 e. The van der Waals surface area contributed by atoms with Crippen molar-refractivity contribution in [1.82, 2.24) is 9.78 Å². The summed E-state index contributed by atoms with van der Waals surface area (Å²) in [7, 11) is 0. The minimum atomic E-state index is -0.266. The highest BCUT2D eigenvalue weighted by atomic mass is 35.5. The number of aromatic nitrogens is 2. The van der Waals surface area contributed by atoms with Crippen molar-refractivity contribution in [2.24, 2.45) is 0 Å². The number of carbonyl (C=O) groups excluding carboxylic acids is 1. The summed E-state index contributed by atoms with van der Waals surface area (Å²) in [6.45, 7) is 2.28. The molecule has 2 rings (SSSR count). The van der Waals surface area contributed by atoms with Crippen molar-refractivity contribution in [2.45, 2.75) is 19.9 Å². The Morgan fingerprint density at radius 2 is 2.32 bits per heavy atom. The van der Waals surface area contributed by atoms with Crippen molar-refractivity contribution in [2.75, 3.05) is 5.32 Å². The number of benzene rings is 1. The molecule has 1 aromatic heterocycles. The maximum Gasteiger partial charge on any atom is 0.249 e. The van der Waals surface area contributed by atoms with Crippen LogP contribution in [-0.2, 0) is 11.3 Å². The van der Waals surface area contributed by atoms with Crippen molar-refractivity contribution in [3.05, 3.63) is 52.7 Å². The zero-order chi connectivity index (χ0) is 15.9. The van der Waals surface area contributed by atoms with E-state index in [-0.39, 0.29) is 5.91 Å².